The van der Waals surface area contributed by atoms with E-state index in [2.05, 4.69) is 5.32 Å². The van der Waals surface area contributed by atoms with Crippen molar-refractivity contribution in [2.75, 3.05) is 14.2 Å². The zero-order valence-electron chi connectivity index (χ0n) is 15.5. The molecular weight excluding hydrogens is 340 g/mol. The van der Waals surface area contributed by atoms with Gasteiger partial charge in [0.2, 0.25) is 0 Å². The second kappa shape index (κ2) is 6.86. The third-order valence-electron chi connectivity index (χ3n) is 4.83. The summed E-state index contributed by atoms with van der Waals surface area (Å²) in [6.07, 6.45) is -0.736. The number of carboxylic acid groups (broad SMARTS) is 1. The zero-order chi connectivity index (χ0) is 19.7. The molecule has 0 spiro atoms. The maximum atomic E-state index is 12.9. The lowest BCUT2D eigenvalue weighted by Crippen LogP contribution is -2.84. The number of likely N-dealkylation sites (tertiary alicyclic amines) is 1. The highest BCUT2D eigenvalue weighted by atomic mass is 16.5. The van der Waals surface area contributed by atoms with Gasteiger partial charge in [-0.05, 0) is 17.5 Å². The number of rotatable bonds is 6. The van der Waals surface area contributed by atoms with Gasteiger partial charge in [0.1, 0.15) is 23.8 Å². The van der Waals surface area contributed by atoms with Crippen LogP contribution in [0.5, 0.6) is 11.5 Å². The Balaban J connectivity index is 2.37. The number of carbonyl (C=O) groups excluding carboxylic acids is 2. The summed E-state index contributed by atoms with van der Waals surface area (Å²) in [6, 6.07) is 4.24. The minimum atomic E-state index is -1.50. The molecule has 1 aromatic rings. The summed E-state index contributed by atoms with van der Waals surface area (Å²) in [6.45, 7) is 5.29. The zero-order valence-corrected chi connectivity index (χ0v) is 15.5. The molecule has 1 heterocycles. The Hall–Kier alpha value is -2.77. The summed E-state index contributed by atoms with van der Waals surface area (Å²) >= 11 is 0. The van der Waals surface area contributed by atoms with Crippen molar-refractivity contribution < 1.29 is 29.0 Å². The predicted octanol–water partition coefficient (Wildman–Crippen LogP) is 1.67. The highest BCUT2D eigenvalue weighted by molar-refractivity contribution is 6.03. The Bertz CT molecular complexity index is 727. The average molecular weight is 364 g/mol. The van der Waals surface area contributed by atoms with Crippen molar-refractivity contribution in [3.8, 4) is 11.5 Å². The topological polar surface area (TPSA) is 105 Å². The fourth-order valence-corrected chi connectivity index (χ4v) is 3.41. The molecule has 1 aliphatic heterocycles. The number of methoxy groups -OCH3 is 2. The number of benzene rings is 1. The molecule has 2 amide bonds. The Labute approximate surface area is 152 Å². The van der Waals surface area contributed by atoms with E-state index in [1.54, 1.807) is 39.0 Å². The predicted molar refractivity (Wildman–Crippen MR) is 93.3 cm³/mol. The summed E-state index contributed by atoms with van der Waals surface area (Å²) in [5.74, 6) is 0.674. The minimum Gasteiger partial charge on any atom is -0.497 e. The molecule has 0 radical (unpaired) electrons. The van der Waals surface area contributed by atoms with Crippen LogP contribution in [0.3, 0.4) is 0 Å². The molecule has 26 heavy (non-hydrogen) atoms. The molecule has 142 valence electrons. The van der Waals surface area contributed by atoms with Gasteiger partial charge in [0.15, 0.2) is 5.54 Å². The van der Waals surface area contributed by atoms with E-state index < -0.39 is 29.0 Å². The number of ether oxygens (including phenoxy) is 2. The normalized spacial score (nSPS) is 22.4. The summed E-state index contributed by atoms with van der Waals surface area (Å²) in [4.78, 5) is 37.3. The first-order valence-electron chi connectivity index (χ1n) is 8.10. The number of aldehydes is 1. The monoisotopic (exact) mass is 364 g/mol. The smallest absolute Gasteiger partial charge is 0.405 e. The van der Waals surface area contributed by atoms with E-state index in [1.165, 1.54) is 19.1 Å². The average Bonchev–Trinajstić information content (AvgIpc) is 2.58. The molecule has 2 N–H and O–H groups in total. The van der Waals surface area contributed by atoms with Gasteiger partial charge in [0, 0.05) is 11.6 Å². The lowest BCUT2D eigenvalue weighted by molar-refractivity contribution is -0.175. The standard InChI is InChI=1S/C18H24N2O6/c1-17(2,3)18(19-16(23)24)14(10-21)20(15(18)22)9-11-6-7-12(25-4)8-13(11)26-5/h6-8,10,14,19H,9H2,1-5H3,(H,23,24)/t14-,18+/m1/s1. The number of hydrogen-bond acceptors (Lipinski definition) is 5. The van der Waals surface area contributed by atoms with Crippen LogP contribution in [-0.4, -0.2) is 54.1 Å². The first kappa shape index (κ1) is 19.6. The van der Waals surface area contributed by atoms with E-state index in [9.17, 15) is 19.5 Å². The quantitative estimate of drug-likeness (QED) is 0.588. The largest absolute Gasteiger partial charge is 0.497 e. The number of hydrogen-bond donors (Lipinski definition) is 2. The van der Waals surface area contributed by atoms with Gasteiger partial charge in [-0.2, -0.15) is 0 Å². The Morgan fingerprint density at radius 3 is 2.46 bits per heavy atom. The van der Waals surface area contributed by atoms with Crippen LogP contribution >= 0.6 is 0 Å². The lowest BCUT2D eigenvalue weighted by Gasteiger charge is -2.59. The maximum Gasteiger partial charge on any atom is 0.405 e. The Morgan fingerprint density at radius 2 is 2.00 bits per heavy atom. The molecule has 1 saturated heterocycles. The molecule has 2 atom stereocenters. The number of β-lactam (4-membered cyclic amide) rings is 1. The molecule has 0 aliphatic carbocycles. The van der Waals surface area contributed by atoms with Crippen LogP contribution in [-0.2, 0) is 16.1 Å². The van der Waals surface area contributed by atoms with Gasteiger partial charge in [-0.15, -0.1) is 0 Å². The summed E-state index contributed by atoms with van der Waals surface area (Å²) in [5.41, 5.74) is -1.60. The van der Waals surface area contributed by atoms with Gasteiger partial charge in [0.25, 0.3) is 5.91 Å². The van der Waals surface area contributed by atoms with Gasteiger partial charge in [-0.25, -0.2) is 4.79 Å². The second-order valence-electron chi connectivity index (χ2n) is 7.18. The van der Waals surface area contributed by atoms with Crippen molar-refractivity contribution in [1.82, 2.24) is 10.2 Å². The van der Waals surface area contributed by atoms with Crippen molar-refractivity contribution in [2.45, 2.75) is 38.9 Å². The fraction of sp³-hybridized carbons (Fsp3) is 0.500. The van der Waals surface area contributed by atoms with E-state index in [4.69, 9.17) is 9.47 Å². The first-order chi connectivity index (χ1) is 12.1. The highest BCUT2D eigenvalue weighted by Gasteiger charge is 2.67. The van der Waals surface area contributed by atoms with Crippen molar-refractivity contribution in [3.05, 3.63) is 23.8 Å². The lowest BCUT2D eigenvalue weighted by atomic mass is 9.62. The maximum absolute atomic E-state index is 12.9. The minimum absolute atomic E-state index is 0.120. The molecular formula is C18H24N2O6. The first-order valence-corrected chi connectivity index (χ1v) is 8.10. The van der Waals surface area contributed by atoms with E-state index in [1.807, 2.05) is 0 Å². The van der Waals surface area contributed by atoms with E-state index in [-0.39, 0.29) is 6.54 Å². The van der Waals surface area contributed by atoms with Crippen LogP contribution in [0.25, 0.3) is 0 Å². The van der Waals surface area contributed by atoms with Crippen LogP contribution in [0.2, 0.25) is 0 Å². The van der Waals surface area contributed by atoms with Gasteiger partial charge < -0.3 is 29.6 Å². The van der Waals surface area contributed by atoms with Gasteiger partial charge >= 0.3 is 6.09 Å². The molecule has 0 bridgehead atoms. The number of nitrogens with one attached hydrogen (secondary N) is 1. The molecule has 8 nitrogen and oxygen atoms in total. The summed E-state index contributed by atoms with van der Waals surface area (Å²) < 4.78 is 10.5. The van der Waals surface area contributed by atoms with Crippen LogP contribution in [0, 0.1) is 5.41 Å². The van der Waals surface area contributed by atoms with Crippen LogP contribution in [0.15, 0.2) is 18.2 Å². The molecule has 1 fully saturated rings. The molecule has 1 aromatic carbocycles. The van der Waals surface area contributed by atoms with Crippen molar-refractivity contribution in [2.24, 2.45) is 5.41 Å². The van der Waals surface area contributed by atoms with Gasteiger partial charge in [0.05, 0.1) is 20.8 Å². The molecule has 8 heteroatoms. The van der Waals surface area contributed by atoms with Crippen molar-refractivity contribution in [3.63, 3.8) is 0 Å². The van der Waals surface area contributed by atoms with Crippen LogP contribution < -0.4 is 14.8 Å². The Kier molecular flexibility index (Phi) is 5.16. The van der Waals surface area contributed by atoms with E-state index in [0.717, 1.165) is 0 Å². The van der Waals surface area contributed by atoms with Crippen LogP contribution in [0.1, 0.15) is 26.3 Å². The number of amides is 2. The molecule has 0 unspecified atom stereocenters. The third-order valence-corrected chi connectivity index (χ3v) is 4.83. The molecule has 0 aromatic heterocycles. The third kappa shape index (κ3) is 2.95. The van der Waals surface area contributed by atoms with Crippen molar-refractivity contribution in [1.29, 1.82) is 0 Å². The summed E-state index contributed by atoms with van der Waals surface area (Å²) in [7, 11) is 3.03. The highest BCUT2D eigenvalue weighted by Crippen LogP contribution is 2.45. The van der Waals surface area contributed by atoms with Crippen molar-refractivity contribution >= 4 is 18.3 Å². The molecule has 1 aliphatic rings. The van der Waals surface area contributed by atoms with Gasteiger partial charge in [-0.3, -0.25) is 4.79 Å². The SMILES string of the molecule is COc1ccc(CN2C(=O)[C@](NC(=O)O)(C(C)(C)C)[C@H]2C=O)c(OC)c1. The van der Waals surface area contributed by atoms with Crippen LogP contribution in [0.4, 0.5) is 4.79 Å². The fourth-order valence-electron chi connectivity index (χ4n) is 3.41. The number of nitrogens with zero attached hydrogens (tertiary/aromatic N) is 1. The number of carbonyl (C=O) groups is 3. The second-order valence-corrected chi connectivity index (χ2v) is 7.18. The van der Waals surface area contributed by atoms with E-state index >= 15 is 0 Å². The Morgan fingerprint density at radius 1 is 1.35 bits per heavy atom. The summed E-state index contributed by atoms with van der Waals surface area (Å²) in [5, 5.41) is 11.5. The molecule has 0 saturated carbocycles. The molecule has 2 rings (SSSR count). The van der Waals surface area contributed by atoms with E-state index in [0.29, 0.717) is 23.3 Å². The van der Waals surface area contributed by atoms with Gasteiger partial charge in [-0.1, -0.05) is 20.8 Å².